The zero-order chi connectivity index (χ0) is 19.4. The number of hydrogen-bond acceptors (Lipinski definition) is 4. The fourth-order valence-electron chi connectivity index (χ4n) is 2.51. The minimum absolute atomic E-state index is 0.154. The van der Waals surface area contributed by atoms with Crippen LogP contribution in [0.1, 0.15) is 43.3 Å². The van der Waals surface area contributed by atoms with E-state index < -0.39 is 0 Å². The number of benzene rings is 2. The van der Waals surface area contributed by atoms with Crippen LogP contribution in [0.5, 0.6) is 5.75 Å². The fourth-order valence-corrected chi connectivity index (χ4v) is 2.69. The molecule has 1 N–H and O–H groups in total. The normalized spacial score (nSPS) is 11.9. The third-order valence-electron chi connectivity index (χ3n) is 4.05. The van der Waals surface area contributed by atoms with Crippen molar-refractivity contribution in [1.82, 2.24) is 14.9 Å². The van der Waals surface area contributed by atoms with Crippen LogP contribution in [0.15, 0.2) is 53.6 Å². The number of nitrogens with one attached hydrogen (secondary N) is 1. The molecule has 6 heteroatoms. The lowest BCUT2D eigenvalue weighted by Crippen LogP contribution is -2.17. The van der Waals surface area contributed by atoms with Crippen LogP contribution >= 0.6 is 12.2 Å². The summed E-state index contributed by atoms with van der Waals surface area (Å²) in [6, 6.07) is 16.2. The van der Waals surface area contributed by atoms with Gasteiger partial charge in [-0.1, -0.05) is 50.6 Å². The maximum Gasteiger partial charge on any atom is 0.216 e. The highest BCUT2D eigenvalue weighted by Crippen LogP contribution is 2.20. The van der Waals surface area contributed by atoms with Crippen molar-refractivity contribution in [3.8, 4) is 5.75 Å². The Morgan fingerprint density at radius 3 is 2.41 bits per heavy atom. The van der Waals surface area contributed by atoms with Crippen LogP contribution in [0.25, 0.3) is 0 Å². The average molecular weight is 381 g/mol. The Morgan fingerprint density at radius 1 is 1.11 bits per heavy atom. The number of aromatic amines is 1. The van der Waals surface area contributed by atoms with Crippen molar-refractivity contribution in [2.24, 2.45) is 5.10 Å². The van der Waals surface area contributed by atoms with Crippen molar-refractivity contribution in [3.63, 3.8) is 0 Å². The van der Waals surface area contributed by atoms with Gasteiger partial charge in [0.25, 0.3) is 0 Å². The minimum Gasteiger partial charge on any atom is -0.489 e. The Hall–Kier alpha value is -2.73. The third-order valence-corrected chi connectivity index (χ3v) is 4.31. The van der Waals surface area contributed by atoms with Crippen molar-refractivity contribution < 1.29 is 4.74 Å². The van der Waals surface area contributed by atoms with E-state index in [9.17, 15) is 0 Å². The molecule has 0 aliphatic rings. The number of ether oxygens (including phenoxy) is 1. The van der Waals surface area contributed by atoms with Gasteiger partial charge in [0.05, 0.1) is 6.21 Å². The highest BCUT2D eigenvalue weighted by atomic mass is 32.1. The van der Waals surface area contributed by atoms with E-state index in [1.165, 1.54) is 5.56 Å². The monoisotopic (exact) mass is 380 g/mol. The van der Waals surface area contributed by atoms with Gasteiger partial charge in [-0.3, -0.25) is 5.10 Å². The van der Waals surface area contributed by atoms with Gasteiger partial charge in [-0.15, -0.1) is 0 Å². The predicted molar refractivity (Wildman–Crippen MR) is 111 cm³/mol. The molecule has 0 amide bonds. The molecule has 2 aromatic carbocycles. The van der Waals surface area contributed by atoms with Gasteiger partial charge in [0, 0.05) is 5.41 Å². The van der Waals surface area contributed by atoms with Crippen LogP contribution < -0.4 is 4.74 Å². The summed E-state index contributed by atoms with van der Waals surface area (Å²) in [5.74, 6) is 1.62. The van der Waals surface area contributed by atoms with Crippen LogP contribution in [0.4, 0.5) is 0 Å². The predicted octanol–water partition coefficient (Wildman–Crippen LogP) is 5.01. The molecule has 0 aliphatic carbocycles. The van der Waals surface area contributed by atoms with Gasteiger partial charge in [0.2, 0.25) is 4.77 Å². The van der Waals surface area contributed by atoms with E-state index in [0.29, 0.717) is 11.4 Å². The van der Waals surface area contributed by atoms with Gasteiger partial charge in [-0.2, -0.15) is 14.9 Å². The second-order valence-corrected chi connectivity index (χ2v) is 7.89. The molecule has 0 unspecified atom stereocenters. The molecule has 0 radical (unpaired) electrons. The van der Waals surface area contributed by atoms with Gasteiger partial charge in [-0.25, -0.2) is 0 Å². The van der Waals surface area contributed by atoms with Crippen LogP contribution in [0, 0.1) is 11.7 Å². The molecule has 0 saturated carbocycles. The molecule has 5 nitrogen and oxygen atoms in total. The first-order valence-electron chi connectivity index (χ1n) is 8.83. The summed E-state index contributed by atoms with van der Waals surface area (Å²) in [5, 5.41) is 11.6. The van der Waals surface area contributed by atoms with E-state index in [1.807, 2.05) is 24.3 Å². The highest BCUT2D eigenvalue weighted by Gasteiger charge is 2.21. The first-order chi connectivity index (χ1) is 12.8. The molecule has 140 valence electrons. The van der Waals surface area contributed by atoms with Crippen molar-refractivity contribution in [3.05, 3.63) is 75.8 Å². The fraction of sp³-hybridized carbons (Fsp3) is 0.286. The number of H-pyrrole nitrogens is 1. The summed E-state index contributed by atoms with van der Waals surface area (Å²) < 4.78 is 7.98. The van der Waals surface area contributed by atoms with Gasteiger partial charge in [0.1, 0.15) is 12.4 Å². The largest absolute Gasteiger partial charge is 0.489 e. The summed E-state index contributed by atoms with van der Waals surface area (Å²) in [6.07, 6.45) is 1.77. The smallest absolute Gasteiger partial charge is 0.216 e. The van der Waals surface area contributed by atoms with Crippen molar-refractivity contribution >= 4 is 18.4 Å². The molecular formula is C21H24N4OS. The van der Waals surface area contributed by atoms with Crippen LogP contribution in [-0.4, -0.2) is 21.1 Å². The molecule has 0 fully saturated rings. The van der Waals surface area contributed by atoms with Gasteiger partial charge in [0.15, 0.2) is 5.82 Å². The molecule has 0 aliphatic heterocycles. The van der Waals surface area contributed by atoms with Crippen LogP contribution in [0.3, 0.4) is 0 Å². The van der Waals surface area contributed by atoms with E-state index in [4.69, 9.17) is 17.0 Å². The third kappa shape index (κ3) is 4.92. The Morgan fingerprint density at radius 2 is 1.78 bits per heavy atom. The second-order valence-electron chi connectivity index (χ2n) is 7.50. The summed E-state index contributed by atoms with van der Waals surface area (Å²) in [5.41, 5.74) is 3.20. The second kappa shape index (κ2) is 7.88. The SMILES string of the molecule is Cc1ccc(COc2ccc(/C=N\n3c(C(C)(C)C)n[nH]c3=S)cc2)cc1. The van der Waals surface area contributed by atoms with Gasteiger partial charge < -0.3 is 4.74 Å². The van der Waals surface area contributed by atoms with Crippen LogP contribution in [-0.2, 0) is 12.0 Å². The molecule has 0 saturated heterocycles. The van der Waals surface area contributed by atoms with E-state index in [2.05, 4.69) is 67.3 Å². The number of nitrogens with zero attached hydrogens (tertiary/aromatic N) is 3. The molecule has 3 rings (SSSR count). The zero-order valence-corrected chi connectivity index (χ0v) is 16.9. The first kappa shape index (κ1) is 19.0. The lowest BCUT2D eigenvalue weighted by atomic mass is 9.96. The number of rotatable bonds is 5. The van der Waals surface area contributed by atoms with E-state index in [-0.39, 0.29) is 5.41 Å². The summed E-state index contributed by atoms with van der Waals surface area (Å²) in [7, 11) is 0. The Labute approximate surface area is 164 Å². The standard InChI is InChI=1S/C21H24N4OS/c1-15-5-7-17(8-6-15)14-26-18-11-9-16(10-12-18)13-22-25-19(21(2,3)4)23-24-20(25)27/h5-13H,14H2,1-4H3,(H,24,27)/b22-13-. The van der Waals surface area contributed by atoms with E-state index >= 15 is 0 Å². The summed E-state index contributed by atoms with van der Waals surface area (Å²) in [6.45, 7) is 8.84. The number of aromatic nitrogens is 3. The minimum atomic E-state index is -0.154. The molecule has 1 aromatic heterocycles. The molecule has 0 bridgehead atoms. The Balaban J connectivity index is 1.67. The molecule has 27 heavy (non-hydrogen) atoms. The van der Waals surface area contributed by atoms with E-state index in [0.717, 1.165) is 22.7 Å². The van der Waals surface area contributed by atoms with Crippen LogP contribution in [0.2, 0.25) is 0 Å². The lowest BCUT2D eigenvalue weighted by molar-refractivity contribution is 0.306. The average Bonchev–Trinajstić information content (AvgIpc) is 3.01. The maximum atomic E-state index is 5.84. The van der Waals surface area contributed by atoms with E-state index in [1.54, 1.807) is 10.9 Å². The van der Waals surface area contributed by atoms with Crippen molar-refractivity contribution in [2.45, 2.75) is 39.7 Å². The summed E-state index contributed by atoms with van der Waals surface area (Å²) in [4.78, 5) is 0. The quantitative estimate of drug-likeness (QED) is 0.500. The van der Waals surface area contributed by atoms with Crippen molar-refractivity contribution in [1.29, 1.82) is 0 Å². The molecule has 0 spiro atoms. The van der Waals surface area contributed by atoms with Gasteiger partial charge in [-0.05, 0) is 54.5 Å². The highest BCUT2D eigenvalue weighted by molar-refractivity contribution is 7.71. The Kier molecular flexibility index (Phi) is 5.56. The zero-order valence-electron chi connectivity index (χ0n) is 16.1. The molecular weight excluding hydrogens is 356 g/mol. The summed E-state index contributed by atoms with van der Waals surface area (Å²) >= 11 is 5.28. The molecule has 1 heterocycles. The first-order valence-corrected chi connectivity index (χ1v) is 9.24. The lowest BCUT2D eigenvalue weighted by Gasteiger charge is -2.15. The number of aryl methyl sites for hydroxylation is 1. The molecule has 3 aromatic rings. The number of hydrogen-bond donors (Lipinski definition) is 1. The molecule has 0 atom stereocenters. The Bertz CT molecular complexity index is 977. The van der Waals surface area contributed by atoms with Gasteiger partial charge >= 0.3 is 0 Å². The topological polar surface area (TPSA) is 55.2 Å². The van der Waals surface area contributed by atoms with Crippen molar-refractivity contribution in [2.75, 3.05) is 0 Å². The maximum absolute atomic E-state index is 5.84.